The monoisotopic (exact) mass is 366 g/mol. The third kappa shape index (κ3) is 3.30. The summed E-state index contributed by atoms with van der Waals surface area (Å²) in [4.78, 5) is 21.1. The van der Waals surface area contributed by atoms with Crippen molar-refractivity contribution in [2.24, 2.45) is 0 Å². The number of fused-ring (bicyclic) bond motifs is 2. The highest BCUT2D eigenvalue weighted by Crippen LogP contribution is 2.31. The van der Waals surface area contributed by atoms with Crippen LogP contribution in [0.4, 0.5) is 5.95 Å². The summed E-state index contributed by atoms with van der Waals surface area (Å²) in [5.41, 5.74) is 9.45. The molecule has 0 saturated carbocycles. The van der Waals surface area contributed by atoms with Gasteiger partial charge in [0.1, 0.15) is 5.75 Å². The highest BCUT2D eigenvalue weighted by atomic mass is 16.5. The number of ether oxygens (including phenoxy) is 1. The van der Waals surface area contributed by atoms with Crippen molar-refractivity contribution in [2.45, 2.75) is 39.2 Å². The molecule has 1 aromatic carbocycles. The van der Waals surface area contributed by atoms with Crippen LogP contribution in [0, 0.1) is 13.8 Å². The zero-order chi connectivity index (χ0) is 19.0. The van der Waals surface area contributed by atoms with E-state index in [0.29, 0.717) is 25.2 Å². The molecule has 3 aromatic rings. The van der Waals surface area contributed by atoms with E-state index in [-0.39, 0.29) is 17.9 Å². The Morgan fingerprint density at radius 3 is 3.00 bits per heavy atom. The lowest BCUT2D eigenvalue weighted by Crippen LogP contribution is -2.32. The van der Waals surface area contributed by atoms with E-state index >= 15 is 0 Å². The second-order valence-corrected chi connectivity index (χ2v) is 6.74. The SMILES string of the molecule is Cc1nc2nc(N)nn2c(C)c1CCC(=O)N[C@@H]1CCOc2ccccc21. The van der Waals surface area contributed by atoms with E-state index in [0.717, 1.165) is 34.7 Å². The van der Waals surface area contributed by atoms with Crippen molar-refractivity contribution in [3.05, 3.63) is 46.8 Å². The Balaban J connectivity index is 1.47. The lowest BCUT2D eigenvalue weighted by molar-refractivity contribution is -0.122. The number of hydrogen-bond acceptors (Lipinski definition) is 6. The Bertz CT molecular complexity index is 1010. The minimum absolute atomic E-state index is 0.00806. The average molecular weight is 366 g/mol. The molecular weight excluding hydrogens is 344 g/mol. The van der Waals surface area contributed by atoms with Crippen LogP contribution in [-0.2, 0) is 11.2 Å². The van der Waals surface area contributed by atoms with E-state index in [1.807, 2.05) is 38.1 Å². The number of nitrogen functional groups attached to an aromatic ring is 1. The zero-order valence-corrected chi connectivity index (χ0v) is 15.4. The van der Waals surface area contributed by atoms with Gasteiger partial charge in [0.2, 0.25) is 11.9 Å². The number of aromatic nitrogens is 4. The van der Waals surface area contributed by atoms with Gasteiger partial charge in [0.15, 0.2) is 0 Å². The van der Waals surface area contributed by atoms with Crippen molar-refractivity contribution in [3.8, 4) is 5.75 Å². The largest absolute Gasteiger partial charge is 0.493 e. The predicted molar refractivity (Wildman–Crippen MR) is 100 cm³/mol. The molecule has 4 rings (SSSR count). The first-order valence-electron chi connectivity index (χ1n) is 9.02. The smallest absolute Gasteiger partial charge is 0.254 e. The molecule has 3 N–H and O–H groups in total. The molecule has 140 valence electrons. The van der Waals surface area contributed by atoms with Crippen molar-refractivity contribution in [1.29, 1.82) is 0 Å². The minimum Gasteiger partial charge on any atom is -0.493 e. The summed E-state index contributed by atoms with van der Waals surface area (Å²) in [6.45, 7) is 4.46. The third-order valence-electron chi connectivity index (χ3n) is 4.96. The van der Waals surface area contributed by atoms with Gasteiger partial charge in [0.05, 0.1) is 12.6 Å². The van der Waals surface area contributed by atoms with Crippen molar-refractivity contribution in [2.75, 3.05) is 12.3 Å². The number of hydrogen-bond donors (Lipinski definition) is 2. The maximum Gasteiger partial charge on any atom is 0.254 e. The van der Waals surface area contributed by atoms with Gasteiger partial charge in [-0.3, -0.25) is 4.79 Å². The lowest BCUT2D eigenvalue weighted by Gasteiger charge is -2.26. The van der Waals surface area contributed by atoms with Crippen LogP contribution in [-0.4, -0.2) is 32.1 Å². The number of nitrogens with zero attached hydrogens (tertiary/aromatic N) is 4. The molecule has 0 fully saturated rings. The maximum atomic E-state index is 12.6. The first-order chi connectivity index (χ1) is 13.0. The number of aryl methyl sites for hydroxylation is 2. The molecule has 8 nitrogen and oxygen atoms in total. The Morgan fingerprint density at radius 1 is 1.33 bits per heavy atom. The summed E-state index contributed by atoms with van der Waals surface area (Å²) in [7, 11) is 0. The molecule has 1 atom stereocenters. The number of para-hydroxylation sites is 1. The van der Waals surface area contributed by atoms with E-state index in [9.17, 15) is 4.79 Å². The molecule has 0 saturated heterocycles. The highest BCUT2D eigenvalue weighted by Gasteiger charge is 2.23. The van der Waals surface area contributed by atoms with Gasteiger partial charge >= 0.3 is 0 Å². The summed E-state index contributed by atoms with van der Waals surface area (Å²) >= 11 is 0. The third-order valence-corrected chi connectivity index (χ3v) is 4.96. The fraction of sp³-hybridized carbons (Fsp3) is 0.368. The van der Waals surface area contributed by atoms with E-state index in [1.165, 1.54) is 0 Å². The predicted octanol–water partition coefficient (Wildman–Crippen LogP) is 1.90. The molecule has 1 amide bonds. The van der Waals surface area contributed by atoms with Crippen LogP contribution in [0.25, 0.3) is 5.78 Å². The Kier molecular flexibility index (Phi) is 4.39. The van der Waals surface area contributed by atoms with E-state index in [2.05, 4.69) is 20.4 Å². The van der Waals surface area contributed by atoms with Crippen molar-refractivity contribution in [1.82, 2.24) is 24.9 Å². The van der Waals surface area contributed by atoms with Crippen LogP contribution in [0.2, 0.25) is 0 Å². The number of nitrogens with two attached hydrogens (primary N) is 1. The molecule has 0 bridgehead atoms. The molecular formula is C19H22N6O2. The molecule has 8 heteroatoms. The van der Waals surface area contributed by atoms with E-state index in [1.54, 1.807) is 4.52 Å². The molecule has 3 heterocycles. The zero-order valence-electron chi connectivity index (χ0n) is 15.4. The first kappa shape index (κ1) is 17.3. The quantitative estimate of drug-likeness (QED) is 0.730. The minimum atomic E-state index is -0.0136. The highest BCUT2D eigenvalue weighted by molar-refractivity contribution is 5.77. The van der Waals surface area contributed by atoms with Crippen molar-refractivity contribution < 1.29 is 9.53 Å². The van der Waals surface area contributed by atoms with Crippen molar-refractivity contribution in [3.63, 3.8) is 0 Å². The van der Waals surface area contributed by atoms with Gasteiger partial charge in [0.25, 0.3) is 5.78 Å². The summed E-state index contributed by atoms with van der Waals surface area (Å²) < 4.78 is 7.28. The van der Waals surface area contributed by atoms with Gasteiger partial charge < -0.3 is 15.8 Å². The van der Waals surface area contributed by atoms with Crippen LogP contribution in [0.15, 0.2) is 24.3 Å². The van der Waals surface area contributed by atoms with Crippen molar-refractivity contribution >= 4 is 17.6 Å². The molecule has 2 aromatic heterocycles. The van der Waals surface area contributed by atoms with Gasteiger partial charge in [-0.15, -0.1) is 5.10 Å². The fourth-order valence-corrected chi connectivity index (χ4v) is 3.58. The van der Waals surface area contributed by atoms with E-state index < -0.39 is 0 Å². The number of carbonyl (C=O) groups is 1. The summed E-state index contributed by atoms with van der Waals surface area (Å²) in [5, 5.41) is 7.30. The standard InChI is InChI=1S/C19H22N6O2/c1-11-13(12(2)25-19(21-11)23-18(20)24-25)7-8-17(26)22-15-9-10-27-16-6-4-3-5-14(15)16/h3-6,15H,7-10H2,1-2H3,(H2,20,24)(H,22,26)/t15-/m1/s1. The number of nitrogens with one attached hydrogen (secondary N) is 1. The Morgan fingerprint density at radius 2 is 2.15 bits per heavy atom. The number of benzene rings is 1. The van der Waals surface area contributed by atoms with Crippen LogP contribution in [0.3, 0.4) is 0 Å². The maximum absolute atomic E-state index is 12.6. The molecule has 0 spiro atoms. The second kappa shape index (κ2) is 6.86. The Labute approximate surface area is 156 Å². The molecule has 0 unspecified atom stereocenters. The number of amides is 1. The van der Waals surface area contributed by atoms with Crippen LogP contribution < -0.4 is 15.8 Å². The molecule has 27 heavy (non-hydrogen) atoms. The van der Waals surface area contributed by atoms with Gasteiger partial charge in [-0.05, 0) is 31.9 Å². The summed E-state index contributed by atoms with van der Waals surface area (Å²) in [5.74, 6) is 1.53. The lowest BCUT2D eigenvalue weighted by atomic mass is 10.00. The number of anilines is 1. The number of carbonyl (C=O) groups excluding carboxylic acids is 1. The van der Waals surface area contributed by atoms with Crippen LogP contribution >= 0.6 is 0 Å². The topological polar surface area (TPSA) is 107 Å². The summed E-state index contributed by atoms with van der Waals surface area (Å²) in [6.07, 6.45) is 1.72. The first-order valence-corrected chi connectivity index (χ1v) is 9.02. The van der Waals surface area contributed by atoms with Gasteiger partial charge in [-0.1, -0.05) is 18.2 Å². The number of rotatable bonds is 4. The molecule has 1 aliphatic rings. The van der Waals surface area contributed by atoms with Gasteiger partial charge in [-0.2, -0.15) is 9.50 Å². The van der Waals surface area contributed by atoms with Crippen LogP contribution in [0.1, 0.15) is 41.4 Å². The van der Waals surface area contributed by atoms with Gasteiger partial charge in [0, 0.05) is 29.8 Å². The average Bonchev–Trinajstić information content (AvgIpc) is 3.02. The Hall–Kier alpha value is -3.16. The summed E-state index contributed by atoms with van der Waals surface area (Å²) in [6, 6.07) is 7.82. The van der Waals surface area contributed by atoms with Gasteiger partial charge in [-0.25, -0.2) is 4.98 Å². The molecule has 0 aliphatic carbocycles. The molecule has 0 radical (unpaired) electrons. The van der Waals surface area contributed by atoms with E-state index in [4.69, 9.17) is 10.5 Å². The van der Waals surface area contributed by atoms with Crippen LogP contribution in [0.5, 0.6) is 5.75 Å². The normalized spacial score (nSPS) is 16.0. The fourth-order valence-electron chi connectivity index (χ4n) is 3.58. The molecule has 1 aliphatic heterocycles. The second-order valence-electron chi connectivity index (χ2n) is 6.74.